The number of furan rings is 1. The van der Waals surface area contributed by atoms with Gasteiger partial charge >= 0.3 is 0 Å². The molecule has 2 saturated heterocycles. The number of hydrogen-bond donors (Lipinski definition) is 0. The number of hydrogen-bond acceptors (Lipinski definition) is 7. The van der Waals surface area contributed by atoms with E-state index in [1.807, 2.05) is 31.3 Å². The average Bonchev–Trinajstić information content (AvgIpc) is 3.46. The highest BCUT2D eigenvalue weighted by Gasteiger charge is 2.35. The fourth-order valence-electron chi connectivity index (χ4n) is 4.01. The van der Waals surface area contributed by atoms with Crippen LogP contribution in [0.1, 0.15) is 10.6 Å². The quantitative estimate of drug-likeness (QED) is 0.572. The van der Waals surface area contributed by atoms with Crippen LogP contribution in [0.3, 0.4) is 0 Å². The molecule has 4 heterocycles. The van der Waals surface area contributed by atoms with Crippen LogP contribution in [0, 0.1) is 0 Å². The van der Waals surface area contributed by atoms with Crippen LogP contribution >= 0.6 is 11.3 Å². The first-order chi connectivity index (χ1) is 15.4. The van der Waals surface area contributed by atoms with Gasteiger partial charge in [0.2, 0.25) is 0 Å². The third-order valence-electron chi connectivity index (χ3n) is 5.96. The maximum absolute atomic E-state index is 12.9. The lowest BCUT2D eigenvalue weighted by molar-refractivity contribution is 0.0661. The van der Waals surface area contributed by atoms with E-state index in [1.54, 1.807) is 21.3 Å². The van der Waals surface area contributed by atoms with Crippen molar-refractivity contribution in [2.45, 2.75) is 0 Å². The molecule has 2 aromatic heterocycles. The molecule has 0 spiro atoms. The number of thiazole rings is 1. The molecule has 0 radical (unpaired) electrons. The first kappa shape index (κ1) is 21.5. The van der Waals surface area contributed by atoms with Gasteiger partial charge in [-0.05, 0) is 31.3 Å². The summed E-state index contributed by atoms with van der Waals surface area (Å²) in [4.78, 5) is 21.3. The zero-order chi connectivity index (χ0) is 22.3. The van der Waals surface area contributed by atoms with Gasteiger partial charge in [-0.3, -0.25) is 4.79 Å². The summed E-state index contributed by atoms with van der Waals surface area (Å²) in [6, 6.07) is 11.3. The summed E-state index contributed by atoms with van der Waals surface area (Å²) >= 11 is 1.52. The van der Waals surface area contributed by atoms with Crippen molar-refractivity contribution in [3.05, 3.63) is 42.2 Å². The number of aromatic nitrogens is 1. The molecule has 0 N–H and O–H groups in total. The van der Waals surface area contributed by atoms with Gasteiger partial charge in [-0.25, -0.2) is 4.98 Å². The molecule has 2 aliphatic rings. The average molecular weight is 476 g/mol. The minimum Gasteiger partial charge on any atom is -0.448 e. The predicted molar refractivity (Wildman–Crippen MR) is 123 cm³/mol. The van der Waals surface area contributed by atoms with E-state index >= 15 is 0 Å². The molecular formula is C21H25N5O4S2. The van der Waals surface area contributed by atoms with E-state index in [4.69, 9.17) is 4.42 Å². The molecule has 1 amide bonds. The van der Waals surface area contributed by atoms with Gasteiger partial charge in [0.05, 0.1) is 10.2 Å². The van der Waals surface area contributed by atoms with Gasteiger partial charge < -0.3 is 14.2 Å². The molecule has 1 aromatic carbocycles. The SMILES string of the molecule is CN1CCN(S(=O)(=O)N2CCN(C(=O)c3ccc(-c4nc5ccccc5s4)o3)CC2)CC1. The third-order valence-corrected chi connectivity index (χ3v) is 9.05. The van der Waals surface area contributed by atoms with Gasteiger partial charge in [0.25, 0.3) is 16.1 Å². The molecule has 2 aliphatic heterocycles. The fraction of sp³-hybridized carbons (Fsp3) is 0.429. The van der Waals surface area contributed by atoms with Crippen molar-refractivity contribution >= 4 is 37.7 Å². The summed E-state index contributed by atoms with van der Waals surface area (Å²) in [5.41, 5.74) is 0.898. The summed E-state index contributed by atoms with van der Waals surface area (Å²) in [6.45, 7) is 3.70. The first-order valence-electron chi connectivity index (χ1n) is 10.6. The highest BCUT2D eigenvalue weighted by atomic mass is 32.2. The summed E-state index contributed by atoms with van der Waals surface area (Å²) < 4.78 is 35.8. The number of rotatable bonds is 4. The van der Waals surface area contributed by atoms with E-state index in [0.29, 0.717) is 31.9 Å². The molecular weight excluding hydrogens is 450 g/mol. The van der Waals surface area contributed by atoms with Crippen LogP contribution in [0.5, 0.6) is 0 Å². The van der Waals surface area contributed by atoms with E-state index in [0.717, 1.165) is 28.3 Å². The number of piperazine rings is 2. The van der Waals surface area contributed by atoms with E-state index in [-0.39, 0.29) is 24.8 Å². The van der Waals surface area contributed by atoms with Crippen molar-refractivity contribution in [1.82, 2.24) is 23.4 Å². The lowest BCUT2D eigenvalue weighted by Gasteiger charge is -2.38. The number of fused-ring (bicyclic) bond motifs is 1. The Bertz CT molecular complexity index is 1190. The lowest BCUT2D eigenvalue weighted by Crippen LogP contribution is -2.57. The van der Waals surface area contributed by atoms with Crippen LogP contribution in [0.2, 0.25) is 0 Å². The molecule has 3 aromatic rings. The number of carbonyl (C=O) groups is 1. The molecule has 32 heavy (non-hydrogen) atoms. The van der Waals surface area contributed by atoms with Crippen LogP contribution < -0.4 is 0 Å². The van der Waals surface area contributed by atoms with Crippen molar-refractivity contribution in [2.24, 2.45) is 0 Å². The van der Waals surface area contributed by atoms with Crippen molar-refractivity contribution in [3.63, 3.8) is 0 Å². The Hall–Kier alpha value is -2.31. The molecule has 0 unspecified atom stereocenters. The van der Waals surface area contributed by atoms with Gasteiger partial charge in [-0.1, -0.05) is 12.1 Å². The Labute approximate surface area is 191 Å². The standard InChI is InChI=1S/C21H25N5O4S2/c1-23-8-12-25(13-9-23)32(28,29)26-14-10-24(11-15-26)21(27)18-7-6-17(30-18)20-22-16-4-2-3-5-19(16)31-20/h2-7H,8-15H2,1H3. The minimum absolute atomic E-state index is 0.228. The fourth-order valence-corrected chi connectivity index (χ4v) is 6.51. The van der Waals surface area contributed by atoms with Crippen LogP contribution in [0.15, 0.2) is 40.8 Å². The number of carbonyl (C=O) groups excluding carboxylic acids is 1. The highest BCUT2D eigenvalue weighted by molar-refractivity contribution is 7.86. The molecule has 0 aliphatic carbocycles. The maximum atomic E-state index is 12.9. The van der Waals surface area contributed by atoms with Crippen molar-refractivity contribution in [2.75, 3.05) is 59.4 Å². The third kappa shape index (κ3) is 4.06. The van der Waals surface area contributed by atoms with Gasteiger partial charge in [0.1, 0.15) is 0 Å². The predicted octanol–water partition coefficient (Wildman–Crippen LogP) is 1.81. The van der Waals surface area contributed by atoms with E-state index in [2.05, 4.69) is 9.88 Å². The second-order valence-corrected chi connectivity index (χ2v) is 11.0. The monoisotopic (exact) mass is 475 g/mol. The summed E-state index contributed by atoms with van der Waals surface area (Å²) in [5, 5.41) is 0.730. The number of likely N-dealkylation sites (N-methyl/N-ethyl adjacent to an activating group) is 1. The molecule has 9 nitrogen and oxygen atoms in total. The van der Waals surface area contributed by atoms with E-state index in [9.17, 15) is 13.2 Å². The van der Waals surface area contributed by atoms with Gasteiger partial charge in [0, 0.05) is 52.4 Å². The molecule has 0 bridgehead atoms. The number of para-hydroxylation sites is 1. The summed E-state index contributed by atoms with van der Waals surface area (Å²) in [5.74, 6) is 0.578. The van der Waals surface area contributed by atoms with Gasteiger partial charge in [-0.15, -0.1) is 11.3 Å². The smallest absolute Gasteiger partial charge is 0.289 e. The topological polar surface area (TPSA) is 90.2 Å². The summed E-state index contributed by atoms with van der Waals surface area (Å²) in [7, 11) is -1.50. The van der Waals surface area contributed by atoms with Crippen LogP contribution in [-0.2, 0) is 10.2 Å². The van der Waals surface area contributed by atoms with Crippen LogP contribution in [0.25, 0.3) is 21.0 Å². The molecule has 2 fully saturated rings. The number of nitrogens with zero attached hydrogens (tertiary/aromatic N) is 5. The van der Waals surface area contributed by atoms with Crippen molar-refractivity contribution < 1.29 is 17.6 Å². The summed E-state index contributed by atoms with van der Waals surface area (Å²) in [6.07, 6.45) is 0. The Morgan fingerprint density at radius 3 is 2.28 bits per heavy atom. The molecule has 5 rings (SSSR count). The molecule has 170 valence electrons. The van der Waals surface area contributed by atoms with Crippen LogP contribution in [0.4, 0.5) is 0 Å². The molecule has 0 saturated carbocycles. The van der Waals surface area contributed by atoms with E-state index < -0.39 is 10.2 Å². The van der Waals surface area contributed by atoms with Crippen molar-refractivity contribution in [3.8, 4) is 10.8 Å². The largest absolute Gasteiger partial charge is 0.448 e. The Balaban J connectivity index is 1.23. The maximum Gasteiger partial charge on any atom is 0.289 e. The lowest BCUT2D eigenvalue weighted by atomic mass is 10.3. The first-order valence-corrected chi connectivity index (χ1v) is 12.8. The number of amides is 1. The van der Waals surface area contributed by atoms with Crippen LogP contribution in [-0.4, -0.2) is 97.1 Å². The second-order valence-electron chi connectivity index (χ2n) is 8.05. The van der Waals surface area contributed by atoms with Crippen molar-refractivity contribution in [1.29, 1.82) is 0 Å². The Kier molecular flexibility index (Phi) is 5.76. The zero-order valence-corrected chi connectivity index (χ0v) is 19.4. The second kappa shape index (κ2) is 8.56. The molecule has 0 atom stereocenters. The zero-order valence-electron chi connectivity index (χ0n) is 17.8. The highest BCUT2D eigenvalue weighted by Crippen LogP contribution is 2.31. The Morgan fingerprint density at radius 1 is 0.938 bits per heavy atom. The van der Waals surface area contributed by atoms with Gasteiger partial charge in [0.15, 0.2) is 16.5 Å². The normalized spacial score (nSPS) is 19.6. The van der Waals surface area contributed by atoms with E-state index in [1.165, 1.54) is 15.6 Å². The Morgan fingerprint density at radius 2 is 1.59 bits per heavy atom. The van der Waals surface area contributed by atoms with Gasteiger partial charge in [-0.2, -0.15) is 17.0 Å². The molecule has 11 heteroatoms. The number of benzene rings is 1. The minimum atomic E-state index is -3.50.